The summed E-state index contributed by atoms with van der Waals surface area (Å²) in [5, 5.41) is 1.06. The van der Waals surface area contributed by atoms with E-state index < -0.39 is 5.97 Å². The summed E-state index contributed by atoms with van der Waals surface area (Å²) < 4.78 is 16.0. The molecule has 0 spiro atoms. The molecule has 132 valence electrons. The van der Waals surface area contributed by atoms with Crippen LogP contribution in [-0.4, -0.2) is 19.7 Å². The fourth-order valence-corrected chi connectivity index (χ4v) is 2.46. The number of carbonyl (C=O) groups excluding carboxylic acids is 1. The summed E-state index contributed by atoms with van der Waals surface area (Å²) >= 11 is 12.2. The van der Waals surface area contributed by atoms with Gasteiger partial charge in [0, 0.05) is 11.1 Å². The minimum absolute atomic E-state index is 0.328. The van der Waals surface area contributed by atoms with E-state index in [0.29, 0.717) is 40.3 Å². The molecule has 2 rings (SSSR count). The van der Waals surface area contributed by atoms with Crippen molar-refractivity contribution in [1.82, 2.24) is 0 Å². The van der Waals surface area contributed by atoms with Crippen molar-refractivity contribution >= 4 is 35.2 Å². The second kappa shape index (κ2) is 9.35. The Labute approximate surface area is 156 Å². The summed E-state index contributed by atoms with van der Waals surface area (Å²) in [6, 6.07) is 10.8. The van der Waals surface area contributed by atoms with Gasteiger partial charge in [0.05, 0.1) is 18.7 Å². The summed E-state index contributed by atoms with van der Waals surface area (Å²) in [4.78, 5) is 11.2. The van der Waals surface area contributed by atoms with Gasteiger partial charge in [-0.05, 0) is 48.4 Å². The van der Waals surface area contributed by atoms with Crippen LogP contribution in [0.3, 0.4) is 0 Å². The third kappa shape index (κ3) is 5.69. The molecule has 0 radical (unpaired) electrons. The molecule has 25 heavy (non-hydrogen) atoms. The molecule has 4 nitrogen and oxygen atoms in total. The third-order valence-electron chi connectivity index (χ3n) is 3.24. The number of rotatable bonds is 7. The first-order chi connectivity index (χ1) is 12.0. The van der Waals surface area contributed by atoms with Gasteiger partial charge in [-0.15, -0.1) is 0 Å². The average Bonchev–Trinajstić information content (AvgIpc) is 2.60. The van der Waals surface area contributed by atoms with E-state index in [9.17, 15) is 4.79 Å². The zero-order valence-electron chi connectivity index (χ0n) is 13.9. The lowest BCUT2D eigenvalue weighted by molar-refractivity contribution is -0.134. The molecule has 6 heteroatoms. The van der Waals surface area contributed by atoms with Gasteiger partial charge in [0.15, 0.2) is 11.5 Å². The highest BCUT2D eigenvalue weighted by Crippen LogP contribution is 2.37. The predicted molar refractivity (Wildman–Crippen MR) is 99.5 cm³/mol. The molecule has 2 aromatic rings. The molecule has 0 N–H and O–H groups in total. The summed E-state index contributed by atoms with van der Waals surface area (Å²) in [5.41, 5.74) is 1.66. The highest BCUT2D eigenvalue weighted by molar-refractivity contribution is 6.32. The summed E-state index contributed by atoms with van der Waals surface area (Å²) in [7, 11) is 1.32. The quantitative estimate of drug-likeness (QED) is 0.491. The van der Waals surface area contributed by atoms with E-state index in [1.807, 2.05) is 19.1 Å². The lowest BCUT2D eigenvalue weighted by Crippen LogP contribution is -2.01. The molecule has 0 unspecified atom stereocenters. The van der Waals surface area contributed by atoms with Crippen molar-refractivity contribution in [2.75, 3.05) is 13.7 Å². The molecular weight excluding hydrogens is 363 g/mol. The number of hydrogen-bond acceptors (Lipinski definition) is 4. The Morgan fingerprint density at radius 2 is 1.84 bits per heavy atom. The maximum Gasteiger partial charge on any atom is 0.330 e. The number of methoxy groups -OCH3 is 1. The van der Waals surface area contributed by atoms with Crippen molar-refractivity contribution < 1.29 is 19.0 Å². The van der Waals surface area contributed by atoms with Crippen LogP contribution < -0.4 is 9.47 Å². The number of hydrogen-bond donors (Lipinski definition) is 0. The smallest absolute Gasteiger partial charge is 0.330 e. The van der Waals surface area contributed by atoms with Crippen molar-refractivity contribution in [1.29, 1.82) is 0 Å². The Bertz CT molecular complexity index is 755. The molecule has 0 aliphatic heterocycles. The molecule has 0 aromatic heterocycles. The highest BCUT2D eigenvalue weighted by Gasteiger charge is 2.12. The Hall–Kier alpha value is -2.17. The zero-order valence-corrected chi connectivity index (χ0v) is 15.4. The number of ether oxygens (including phenoxy) is 3. The van der Waals surface area contributed by atoms with Crippen molar-refractivity contribution in [2.24, 2.45) is 0 Å². The maximum atomic E-state index is 11.2. The standard InChI is InChI=1S/C19H18Cl2O4/c1-3-24-17-11-14(6-9-18(22)23-2)10-16(21)19(17)25-12-13-4-7-15(20)8-5-13/h4-11H,3,12H2,1-2H3/b9-6+. The predicted octanol–water partition coefficient (Wildman–Crippen LogP) is 5.16. The van der Waals surface area contributed by atoms with Gasteiger partial charge < -0.3 is 14.2 Å². The summed E-state index contributed by atoms with van der Waals surface area (Å²) in [5.74, 6) is 0.513. The second-order valence-electron chi connectivity index (χ2n) is 5.03. The van der Waals surface area contributed by atoms with Gasteiger partial charge in [0.2, 0.25) is 0 Å². The number of halogens is 2. The largest absolute Gasteiger partial charge is 0.490 e. The molecule has 0 saturated heterocycles. The van der Waals surface area contributed by atoms with Gasteiger partial charge in [0.25, 0.3) is 0 Å². The van der Waals surface area contributed by atoms with Gasteiger partial charge in [-0.3, -0.25) is 0 Å². The van der Waals surface area contributed by atoms with Crippen LogP contribution in [0.15, 0.2) is 42.5 Å². The fraction of sp³-hybridized carbons (Fsp3) is 0.211. The van der Waals surface area contributed by atoms with Crippen molar-refractivity contribution in [3.8, 4) is 11.5 Å². The average molecular weight is 381 g/mol. The molecule has 0 atom stereocenters. The number of benzene rings is 2. The maximum absolute atomic E-state index is 11.2. The summed E-state index contributed by atoms with van der Waals surface area (Å²) in [6.45, 7) is 2.65. The van der Waals surface area contributed by atoms with Crippen LogP contribution in [-0.2, 0) is 16.1 Å². The molecule has 0 bridgehead atoms. The second-order valence-corrected chi connectivity index (χ2v) is 5.88. The van der Waals surface area contributed by atoms with Crippen LogP contribution >= 0.6 is 23.2 Å². The van der Waals surface area contributed by atoms with Crippen molar-refractivity contribution in [3.63, 3.8) is 0 Å². The molecular formula is C19H18Cl2O4. The van der Waals surface area contributed by atoms with Crippen LogP contribution in [0.25, 0.3) is 6.08 Å². The lowest BCUT2D eigenvalue weighted by Gasteiger charge is -2.14. The fourth-order valence-electron chi connectivity index (χ4n) is 2.06. The van der Waals surface area contributed by atoms with E-state index in [2.05, 4.69) is 4.74 Å². The van der Waals surface area contributed by atoms with Crippen LogP contribution in [0.2, 0.25) is 10.0 Å². The van der Waals surface area contributed by atoms with E-state index in [0.717, 1.165) is 5.56 Å². The number of carbonyl (C=O) groups is 1. The highest BCUT2D eigenvalue weighted by atomic mass is 35.5. The minimum Gasteiger partial charge on any atom is -0.490 e. The molecule has 0 amide bonds. The Kier molecular flexibility index (Phi) is 7.16. The van der Waals surface area contributed by atoms with E-state index in [1.54, 1.807) is 30.3 Å². The Balaban J connectivity index is 2.22. The van der Waals surface area contributed by atoms with Crippen molar-refractivity contribution in [3.05, 3.63) is 63.6 Å². The third-order valence-corrected chi connectivity index (χ3v) is 3.77. The van der Waals surface area contributed by atoms with Gasteiger partial charge in [0.1, 0.15) is 6.61 Å². The normalized spacial score (nSPS) is 10.7. The van der Waals surface area contributed by atoms with Crippen LogP contribution in [0.1, 0.15) is 18.1 Å². The molecule has 0 aliphatic carbocycles. The first kappa shape index (κ1) is 19.2. The van der Waals surface area contributed by atoms with Crippen LogP contribution in [0.5, 0.6) is 11.5 Å². The van der Waals surface area contributed by atoms with E-state index in [-0.39, 0.29) is 0 Å². The SMILES string of the molecule is CCOc1cc(/C=C/C(=O)OC)cc(Cl)c1OCc1ccc(Cl)cc1. The topological polar surface area (TPSA) is 44.8 Å². The van der Waals surface area contributed by atoms with E-state index >= 15 is 0 Å². The van der Waals surface area contributed by atoms with Crippen molar-refractivity contribution in [2.45, 2.75) is 13.5 Å². The molecule has 2 aromatic carbocycles. The minimum atomic E-state index is -0.447. The first-order valence-corrected chi connectivity index (χ1v) is 8.38. The molecule has 0 heterocycles. The Morgan fingerprint density at radius 3 is 2.48 bits per heavy atom. The number of esters is 1. The van der Waals surface area contributed by atoms with E-state index in [4.69, 9.17) is 32.7 Å². The van der Waals surface area contributed by atoms with Gasteiger partial charge in [-0.2, -0.15) is 0 Å². The molecule has 0 saturated carbocycles. The van der Waals surface area contributed by atoms with Gasteiger partial charge >= 0.3 is 5.97 Å². The lowest BCUT2D eigenvalue weighted by atomic mass is 10.2. The first-order valence-electron chi connectivity index (χ1n) is 7.63. The van der Waals surface area contributed by atoms with Gasteiger partial charge in [-0.1, -0.05) is 35.3 Å². The molecule has 0 aliphatic rings. The Morgan fingerprint density at radius 1 is 1.12 bits per heavy atom. The zero-order chi connectivity index (χ0) is 18.2. The van der Waals surface area contributed by atoms with Gasteiger partial charge in [-0.25, -0.2) is 4.79 Å². The monoisotopic (exact) mass is 380 g/mol. The molecule has 0 fully saturated rings. The summed E-state index contributed by atoms with van der Waals surface area (Å²) in [6.07, 6.45) is 2.92. The van der Waals surface area contributed by atoms with Crippen LogP contribution in [0.4, 0.5) is 0 Å². The van der Waals surface area contributed by atoms with Crippen LogP contribution in [0, 0.1) is 0 Å². The van der Waals surface area contributed by atoms with E-state index in [1.165, 1.54) is 13.2 Å².